The molecule has 0 amide bonds. The standard InChI is InChI=1S/C30H46O6/c1-17(32)26-20(16-31)30(8)24(14-21(26)35-18(2)33)29(7)13-10-22-27(4,5)11-9-12-28(22,6)23(29)15-25(30)36-19(3)34/h16,20-26H,9-15H2,1-8H3/t20-,21+,22+,23+,24-,25-,26-,28-,29+,30+/m0/s1. The van der Waals surface area contributed by atoms with Crippen LogP contribution in [-0.2, 0) is 28.7 Å². The van der Waals surface area contributed by atoms with Gasteiger partial charge in [-0.25, -0.2) is 0 Å². The summed E-state index contributed by atoms with van der Waals surface area (Å²) in [7, 11) is 0. The van der Waals surface area contributed by atoms with Crippen molar-refractivity contribution in [2.75, 3.05) is 0 Å². The molecule has 0 radical (unpaired) electrons. The van der Waals surface area contributed by atoms with Crippen LogP contribution in [0.3, 0.4) is 0 Å². The highest BCUT2D eigenvalue weighted by molar-refractivity contribution is 5.83. The molecular formula is C30H46O6. The molecule has 6 heteroatoms. The number of hydrogen-bond acceptors (Lipinski definition) is 6. The number of ketones is 1. The van der Waals surface area contributed by atoms with Crippen LogP contribution >= 0.6 is 0 Å². The molecule has 6 nitrogen and oxygen atoms in total. The minimum absolute atomic E-state index is 0.0222. The van der Waals surface area contributed by atoms with Crippen LogP contribution in [0.25, 0.3) is 0 Å². The van der Waals surface area contributed by atoms with E-state index in [9.17, 15) is 19.2 Å². The van der Waals surface area contributed by atoms with Gasteiger partial charge < -0.3 is 14.3 Å². The Morgan fingerprint density at radius 3 is 1.94 bits per heavy atom. The molecular weight excluding hydrogens is 456 g/mol. The quantitative estimate of drug-likeness (QED) is 0.370. The van der Waals surface area contributed by atoms with E-state index in [1.165, 1.54) is 33.6 Å². The van der Waals surface area contributed by atoms with Gasteiger partial charge in [-0.05, 0) is 79.4 Å². The average Bonchev–Trinajstić information content (AvgIpc) is 2.73. The number of hydrogen-bond donors (Lipinski definition) is 0. The van der Waals surface area contributed by atoms with Crippen molar-refractivity contribution in [3.05, 3.63) is 0 Å². The van der Waals surface area contributed by atoms with Crippen molar-refractivity contribution < 1.29 is 28.7 Å². The van der Waals surface area contributed by atoms with Gasteiger partial charge in [0.25, 0.3) is 0 Å². The monoisotopic (exact) mass is 502 g/mol. The number of ether oxygens (including phenoxy) is 2. The molecule has 0 heterocycles. The largest absolute Gasteiger partial charge is 0.462 e. The molecule has 0 aromatic heterocycles. The summed E-state index contributed by atoms with van der Waals surface area (Å²) in [5.41, 5.74) is -0.478. The van der Waals surface area contributed by atoms with Crippen LogP contribution in [-0.4, -0.2) is 36.2 Å². The van der Waals surface area contributed by atoms with E-state index < -0.39 is 35.4 Å². The Kier molecular flexibility index (Phi) is 6.78. The van der Waals surface area contributed by atoms with Crippen molar-refractivity contribution in [1.29, 1.82) is 0 Å². The summed E-state index contributed by atoms with van der Waals surface area (Å²) in [5.74, 6) is -1.49. The van der Waals surface area contributed by atoms with Gasteiger partial charge in [-0.15, -0.1) is 0 Å². The summed E-state index contributed by atoms with van der Waals surface area (Å²) in [6.45, 7) is 16.0. The topological polar surface area (TPSA) is 86.7 Å². The van der Waals surface area contributed by atoms with E-state index in [2.05, 4.69) is 34.6 Å². The fourth-order valence-corrected chi connectivity index (χ4v) is 10.5. The van der Waals surface area contributed by atoms with Crippen LogP contribution in [0.1, 0.15) is 100 Å². The van der Waals surface area contributed by atoms with Gasteiger partial charge in [-0.3, -0.25) is 14.4 Å². The number of carbonyl (C=O) groups excluding carboxylic acids is 4. The second kappa shape index (κ2) is 8.94. The predicted molar refractivity (Wildman–Crippen MR) is 136 cm³/mol. The van der Waals surface area contributed by atoms with Gasteiger partial charge in [0.1, 0.15) is 24.3 Å². The first kappa shape index (κ1) is 27.3. The number of fused-ring (bicyclic) bond motifs is 5. The highest BCUT2D eigenvalue weighted by Gasteiger charge is 2.71. The van der Waals surface area contributed by atoms with Gasteiger partial charge in [0.2, 0.25) is 0 Å². The van der Waals surface area contributed by atoms with E-state index in [-0.39, 0.29) is 33.9 Å². The maximum absolute atomic E-state index is 12.9. The van der Waals surface area contributed by atoms with E-state index in [4.69, 9.17) is 9.47 Å². The molecule has 0 N–H and O–H groups in total. The minimum atomic E-state index is -0.730. The van der Waals surface area contributed by atoms with Gasteiger partial charge in [-0.2, -0.15) is 0 Å². The third-order valence-corrected chi connectivity index (χ3v) is 11.7. The molecule has 0 saturated heterocycles. The van der Waals surface area contributed by atoms with Crippen LogP contribution in [0.2, 0.25) is 0 Å². The van der Waals surface area contributed by atoms with Crippen LogP contribution in [0.15, 0.2) is 0 Å². The molecule has 202 valence electrons. The normalized spacial score (nSPS) is 47.4. The van der Waals surface area contributed by atoms with Crippen LogP contribution in [0.4, 0.5) is 0 Å². The highest BCUT2D eigenvalue weighted by atomic mass is 16.5. The Labute approximate surface area is 216 Å². The minimum Gasteiger partial charge on any atom is -0.462 e. The first-order valence-electron chi connectivity index (χ1n) is 13.9. The fraction of sp³-hybridized carbons (Fsp3) is 0.867. The summed E-state index contributed by atoms with van der Waals surface area (Å²) in [5, 5.41) is 0. The molecule has 0 aromatic carbocycles. The number of aldehydes is 1. The number of esters is 2. The SMILES string of the molecule is CC(=O)O[C@H]1C[C@@H]2[C@@]3(C)CCCC(C)(C)[C@H]3CC[C@@]2(C)[C@@H]2C[C@@H](OC(C)=O)[C@@H](C(C)=O)[C@H](C=O)[C@@]12C. The summed E-state index contributed by atoms with van der Waals surface area (Å²) in [6, 6.07) is 0. The Morgan fingerprint density at radius 2 is 1.39 bits per heavy atom. The molecule has 4 fully saturated rings. The fourth-order valence-electron chi connectivity index (χ4n) is 10.5. The Balaban J connectivity index is 1.88. The molecule has 4 rings (SSSR count). The van der Waals surface area contributed by atoms with Crippen LogP contribution in [0, 0.1) is 51.2 Å². The molecule has 0 bridgehead atoms. The molecule has 0 unspecified atom stereocenters. The van der Waals surface area contributed by atoms with Crippen molar-refractivity contribution in [3.8, 4) is 0 Å². The van der Waals surface area contributed by atoms with E-state index in [0.717, 1.165) is 25.5 Å². The lowest BCUT2D eigenvalue weighted by Crippen LogP contribution is -2.70. The molecule has 0 aromatic rings. The molecule has 4 saturated carbocycles. The van der Waals surface area contributed by atoms with E-state index in [1.807, 2.05) is 0 Å². The molecule has 4 aliphatic rings. The maximum Gasteiger partial charge on any atom is 0.302 e. The van der Waals surface area contributed by atoms with Crippen molar-refractivity contribution in [3.63, 3.8) is 0 Å². The second-order valence-electron chi connectivity index (χ2n) is 13.9. The van der Waals surface area contributed by atoms with Gasteiger partial charge in [0, 0.05) is 25.2 Å². The van der Waals surface area contributed by atoms with Gasteiger partial charge >= 0.3 is 11.9 Å². The number of rotatable bonds is 4. The lowest BCUT2D eigenvalue weighted by Gasteiger charge is -2.71. The first-order chi connectivity index (χ1) is 16.6. The predicted octanol–water partition coefficient (Wildman–Crippen LogP) is 5.55. The third kappa shape index (κ3) is 3.88. The summed E-state index contributed by atoms with van der Waals surface area (Å²) in [4.78, 5) is 50.2. The highest BCUT2D eigenvalue weighted by Crippen LogP contribution is 2.73. The van der Waals surface area contributed by atoms with Gasteiger partial charge in [0.05, 0.1) is 5.92 Å². The van der Waals surface area contributed by atoms with Crippen molar-refractivity contribution >= 4 is 24.0 Å². The van der Waals surface area contributed by atoms with Crippen LogP contribution in [0.5, 0.6) is 0 Å². The smallest absolute Gasteiger partial charge is 0.302 e. The Morgan fingerprint density at radius 1 is 0.778 bits per heavy atom. The lowest BCUT2D eigenvalue weighted by atomic mass is 9.34. The van der Waals surface area contributed by atoms with Crippen molar-refractivity contribution in [2.24, 2.45) is 51.2 Å². The van der Waals surface area contributed by atoms with Crippen molar-refractivity contribution in [1.82, 2.24) is 0 Å². The second-order valence-corrected chi connectivity index (χ2v) is 13.9. The average molecular weight is 503 g/mol. The zero-order valence-corrected chi connectivity index (χ0v) is 23.5. The van der Waals surface area contributed by atoms with Gasteiger partial charge in [0.15, 0.2) is 0 Å². The number of Topliss-reactive ketones (excluding diaryl/α,β-unsaturated/α-hetero) is 1. The van der Waals surface area contributed by atoms with Crippen molar-refractivity contribution in [2.45, 2.75) is 113 Å². The molecule has 0 aliphatic heterocycles. The van der Waals surface area contributed by atoms with Crippen LogP contribution < -0.4 is 0 Å². The molecule has 10 atom stereocenters. The molecule has 4 aliphatic carbocycles. The van der Waals surface area contributed by atoms with Gasteiger partial charge in [-0.1, -0.05) is 41.0 Å². The first-order valence-corrected chi connectivity index (χ1v) is 13.9. The maximum atomic E-state index is 12.9. The summed E-state index contributed by atoms with van der Waals surface area (Å²) < 4.78 is 11.9. The summed E-state index contributed by atoms with van der Waals surface area (Å²) in [6.07, 6.45) is 6.71. The molecule has 0 spiro atoms. The lowest BCUT2D eigenvalue weighted by molar-refractivity contribution is -0.262. The third-order valence-electron chi connectivity index (χ3n) is 11.7. The zero-order chi connectivity index (χ0) is 26.8. The number of carbonyl (C=O) groups is 4. The summed E-state index contributed by atoms with van der Waals surface area (Å²) >= 11 is 0. The Bertz CT molecular complexity index is 940. The van der Waals surface area contributed by atoms with E-state index in [1.54, 1.807) is 0 Å². The molecule has 36 heavy (non-hydrogen) atoms. The van der Waals surface area contributed by atoms with E-state index in [0.29, 0.717) is 24.7 Å². The Hall–Kier alpha value is -1.72. The van der Waals surface area contributed by atoms with E-state index >= 15 is 0 Å². The zero-order valence-electron chi connectivity index (χ0n) is 23.5.